The highest BCUT2D eigenvalue weighted by molar-refractivity contribution is 5.25. The zero-order valence-corrected chi connectivity index (χ0v) is 6.87. The Morgan fingerprint density at radius 3 is 2.18 bits per heavy atom. The molecule has 0 saturated heterocycles. The number of hydrogen-bond acceptors (Lipinski definition) is 1. The van der Waals surface area contributed by atoms with Crippen LogP contribution in [0.15, 0.2) is 24.3 Å². The van der Waals surface area contributed by atoms with E-state index >= 15 is 0 Å². The van der Waals surface area contributed by atoms with Crippen molar-refractivity contribution in [2.24, 2.45) is 0 Å². The van der Waals surface area contributed by atoms with Crippen molar-refractivity contribution in [3.8, 4) is 5.75 Å². The molecule has 1 aromatic rings. The molecule has 0 unspecified atom stereocenters. The highest BCUT2D eigenvalue weighted by Gasteiger charge is 1.94. The third-order valence-electron chi connectivity index (χ3n) is 1.42. The third kappa shape index (κ3) is 2.60. The van der Waals surface area contributed by atoms with Crippen molar-refractivity contribution in [3.05, 3.63) is 29.8 Å². The van der Waals surface area contributed by atoms with Crippen LogP contribution < -0.4 is 0 Å². The van der Waals surface area contributed by atoms with Gasteiger partial charge in [0.1, 0.15) is 0 Å². The summed E-state index contributed by atoms with van der Waals surface area (Å²) in [6.07, 6.45) is 0. The van der Waals surface area contributed by atoms with E-state index in [4.69, 9.17) is 0 Å². The normalized spacial score (nSPS) is 10.5. The van der Waals surface area contributed by atoms with E-state index in [1.54, 1.807) is 12.1 Å². The molecule has 1 radical (unpaired) electrons. The second-order valence-corrected chi connectivity index (χ2v) is 2.88. The molecular weight excluding hydrogens is 138 g/mol. The lowest BCUT2D eigenvalue weighted by Crippen LogP contribution is -2.10. The molecule has 0 heterocycles. The summed E-state index contributed by atoms with van der Waals surface area (Å²) in [5, 5.41) is 10.7. The average Bonchev–Trinajstić information content (AvgIpc) is 1.93. The summed E-state index contributed by atoms with van der Waals surface area (Å²) in [5.41, 5.74) is 1.18. The molecule has 0 aliphatic rings. The Bertz CT molecular complexity index is 216. The van der Waals surface area contributed by atoms with Crippen LogP contribution >= 0.6 is 0 Å². The number of hydrogen-bond donors (Lipinski definition) is 0. The lowest BCUT2D eigenvalue weighted by molar-refractivity contribution is 0.354. The molecule has 0 N–H and O–H groups in total. The van der Waals surface area contributed by atoms with Gasteiger partial charge >= 0.3 is 0 Å². The summed E-state index contributed by atoms with van der Waals surface area (Å²) < 4.78 is 0. The van der Waals surface area contributed by atoms with Crippen molar-refractivity contribution in [2.75, 3.05) is 14.1 Å². The van der Waals surface area contributed by atoms with E-state index in [9.17, 15) is 5.11 Å². The molecule has 0 saturated carbocycles. The van der Waals surface area contributed by atoms with Crippen LogP contribution in [-0.2, 0) is 11.7 Å². The van der Waals surface area contributed by atoms with E-state index in [0.717, 1.165) is 6.54 Å². The van der Waals surface area contributed by atoms with Gasteiger partial charge in [0.15, 0.2) is 5.75 Å². The summed E-state index contributed by atoms with van der Waals surface area (Å²) in [6, 6.07) is 6.92. The van der Waals surface area contributed by atoms with E-state index in [-0.39, 0.29) is 5.75 Å². The standard InChI is InChI=1S/C9H12NO/c1-10(2)7-8-3-5-9(11)6-4-8/h3-6H,7H2,1-2H3. The lowest BCUT2D eigenvalue weighted by Gasteiger charge is -2.08. The van der Waals surface area contributed by atoms with Gasteiger partial charge in [-0.3, -0.25) is 5.11 Å². The largest absolute Gasteiger partial charge is 0.305 e. The zero-order valence-electron chi connectivity index (χ0n) is 6.87. The Morgan fingerprint density at radius 1 is 1.18 bits per heavy atom. The van der Waals surface area contributed by atoms with E-state index in [1.165, 1.54) is 5.56 Å². The van der Waals surface area contributed by atoms with Crippen LogP contribution in [0.4, 0.5) is 0 Å². The molecule has 0 aliphatic carbocycles. The maximum atomic E-state index is 10.7. The predicted octanol–water partition coefficient (Wildman–Crippen LogP) is 1.89. The first-order chi connectivity index (χ1) is 5.18. The van der Waals surface area contributed by atoms with Gasteiger partial charge < -0.3 is 4.90 Å². The van der Waals surface area contributed by atoms with Crippen LogP contribution in [0.2, 0.25) is 0 Å². The fourth-order valence-corrected chi connectivity index (χ4v) is 0.960. The molecule has 0 atom stereocenters. The molecule has 1 rings (SSSR count). The fourth-order valence-electron chi connectivity index (χ4n) is 0.960. The van der Waals surface area contributed by atoms with Crippen LogP contribution in [-0.4, -0.2) is 19.0 Å². The first-order valence-electron chi connectivity index (χ1n) is 3.59. The fraction of sp³-hybridized carbons (Fsp3) is 0.333. The first kappa shape index (κ1) is 8.08. The van der Waals surface area contributed by atoms with Gasteiger partial charge in [0, 0.05) is 6.54 Å². The van der Waals surface area contributed by atoms with Crippen LogP contribution in [0.5, 0.6) is 5.75 Å². The van der Waals surface area contributed by atoms with Gasteiger partial charge in [0.25, 0.3) is 0 Å². The molecule has 0 amide bonds. The topological polar surface area (TPSA) is 23.1 Å². The van der Waals surface area contributed by atoms with Gasteiger partial charge in [-0.05, 0) is 31.8 Å². The van der Waals surface area contributed by atoms with Crippen molar-refractivity contribution < 1.29 is 5.11 Å². The molecule has 2 heteroatoms. The molecule has 0 aromatic heterocycles. The third-order valence-corrected chi connectivity index (χ3v) is 1.42. The molecular formula is C9H12NO. The highest BCUT2D eigenvalue weighted by atomic mass is 16.3. The van der Waals surface area contributed by atoms with E-state index in [2.05, 4.69) is 4.90 Å². The Kier molecular flexibility index (Phi) is 2.49. The van der Waals surface area contributed by atoms with Gasteiger partial charge in [-0.25, -0.2) is 0 Å². The summed E-state index contributed by atoms with van der Waals surface area (Å²) in [5.74, 6) is 0.0764. The van der Waals surface area contributed by atoms with E-state index in [1.807, 2.05) is 26.2 Å². The monoisotopic (exact) mass is 150 g/mol. The summed E-state index contributed by atoms with van der Waals surface area (Å²) in [7, 11) is 4.01. The van der Waals surface area contributed by atoms with Gasteiger partial charge in [-0.15, -0.1) is 0 Å². The van der Waals surface area contributed by atoms with Gasteiger partial charge in [-0.1, -0.05) is 12.1 Å². The summed E-state index contributed by atoms with van der Waals surface area (Å²) in [4.78, 5) is 2.07. The smallest absolute Gasteiger partial charge is 0.178 e. The molecule has 0 spiro atoms. The maximum absolute atomic E-state index is 10.7. The SMILES string of the molecule is CN(C)Cc1ccc([O])cc1. The first-order valence-corrected chi connectivity index (χ1v) is 3.59. The molecule has 11 heavy (non-hydrogen) atoms. The molecule has 1 aromatic carbocycles. The van der Waals surface area contributed by atoms with Gasteiger partial charge in [-0.2, -0.15) is 0 Å². The van der Waals surface area contributed by atoms with E-state index < -0.39 is 0 Å². The molecule has 2 nitrogen and oxygen atoms in total. The van der Waals surface area contributed by atoms with Crippen molar-refractivity contribution in [1.82, 2.24) is 4.90 Å². The van der Waals surface area contributed by atoms with Gasteiger partial charge in [0.05, 0.1) is 0 Å². The summed E-state index contributed by atoms with van der Waals surface area (Å²) in [6.45, 7) is 0.889. The second kappa shape index (κ2) is 3.39. The number of benzene rings is 1. The average molecular weight is 150 g/mol. The minimum atomic E-state index is 0.0764. The minimum absolute atomic E-state index is 0.0764. The second-order valence-electron chi connectivity index (χ2n) is 2.88. The number of nitrogens with zero attached hydrogens (tertiary/aromatic N) is 1. The Labute approximate surface area is 67.1 Å². The summed E-state index contributed by atoms with van der Waals surface area (Å²) >= 11 is 0. The van der Waals surface area contributed by atoms with Crippen molar-refractivity contribution >= 4 is 0 Å². The number of rotatable bonds is 2. The van der Waals surface area contributed by atoms with Crippen molar-refractivity contribution in [1.29, 1.82) is 0 Å². The molecule has 0 aliphatic heterocycles. The van der Waals surface area contributed by atoms with Crippen LogP contribution in [0.3, 0.4) is 0 Å². The minimum Gasteiger partial charge on any atom is -0.305 e. The molecule has 0 bridgehead atoms. The van der Waals surface area contributed by atoms with Crippen LogP contribution in [0.25, 0.3) is 0 Å². The maximum Gasteiger partial charge on any atom is 0.178 e. The Balaban J connectivity index is 2.66. The Hall–Kier alpha value is -1.02. The van der Waals surface area contributed by atoms with Crippen LogP contribution in [0, 0.1) is 0 Å². The Morgan fingerprint density at radius 2 is 1.73 bits per heavy atom. The van der Waals surface area contributed by atoms with Crippen LogP contribution in [0.1, 0.15) is 5.56 Å². The van der Waals surface area contributed by atoms with E-state index in [0.29, 0.717) is 0 Å². The lowest BCUT2D eigenvalue weighted by atomic mass is 10.2. The van der Waals surface area contributed by atoms with Crippen molar-refractivity contribution in [2.45, 2.75) is 6.54 Å². The quantitative estimate of drug-likeness (QED) is 0.631. The zero-order chi connectivity index (χ0) is 8.27. The predicted molar refractivity (Wildman–Crippen MR) is 44.0 cm³/mol. The molecule has 0 fully saturated rings. The molecule has 59 valence electrons. The van der Waals surface area contributed by atoms with Gasteiger partial charge in [0.2, 0.25) is 0 Å². The van der Waals surface area contributed by atoms with Crippen molar-refractivity contribution in [3.63, 3.8) is 0 Å². The highest BCUT2D eigenvalue weighted by Crippen LogP contribution is 2.10.